The summed E-state index contributed by atoms with van der Waals surface area (Å²) < 4.78 is 25.2. The highest BCUT2D eigenvalue weighted by atomic mass is 32.2. The molecule has 2 aliphatic rings. The fourth-order valence-electron chi connectivity index (χ4n) is 8.06. The van der Waals surface area contributed by atoms with E-state index in [9.17, 15) is 14.3 Å². The monoisotopic (exact) mass is 727 g/mol. The molecule has 5 rings (SSSR count). The van der Waals surface area contributed by atoms with Crippen molar-refractivity contribution >= 4 is 41.6 Å². The number of hydrogen-bond acceptors (Lipinski definition) is 8. The maximum atomic E-state index is 13.1. The molecule has 51 heavy (non-hydrogen) atoms. The summed E-state index contributed by atoms with van der Waals surface area (Å²) in [6.45, 7) is 21.0. The summed E-state index contributed by atoms with van der Waals surface area (Å²) in [7, 11) is -3.39. The van der Waals surface area contributed by atoms with E-state index in [1.807, 2.05) is 20.8 Å². The highest BCUT2D eigenvalue weighted by molar-refractivity contribution is 7.84. The van der Waals surface area contributed by atoms with Crippen LogP contribution in [-0.2, 0) is 33.3 Å². The van der Waals surface area contributed by atoms with Gasteiger partial charge in [0.05, 0.1) is 47.7 Å². The molecule has 0 N–H and O–H groups in total. The quantitative estimate of drug-likeness (QED) is 0.137. The molecule has 2 aliphatic heterocycles. The molecule has 0 aliphatic carbocycles. The van der Waals surface area contributed by atoms with Crippen LogP contribution in [0.5, 0.6) is 0 Å². The van der Waals surface area contributed by atoms with E-state index in [1.54, 1.807) is 11.2 Å². The summed E-state index contributed by atoms with van der Waals surface area (Å²) in [6.07, 6.45) is 1.50. The van der Waals surface area contributed by atoms with E-state index in [1.165, 1.54) is 0 Å². The van der Waals surface area contributed by atoms with Crippen LogP contribution in [0.1, 0.15) is 97.2 Å². The van der Waals surface area contributed by atoms with E-state index in [2.05, 4.69) is 100 Å². The number of aromatic nitrogens is 2. The van der Waals surface area contributed by atoms with Crippen molar-refractivity contribution in [1.82, 2.24) is 14.9 Å². The Balaban J connectivity index is 1.52. The van der Waals surface area contributed by atoms with E-state index in [4.69, 9.17) is 19.4 Å². The predicted molar refractivity (Wildman–Crippen MR) is 207 cm³/mol. The molecule has 1 amide bonds. The zero-order valence-electron chi connectivity index (χ0n) is 31.9. The lowest BCUT2D eigenvalue weighted by atomic mass is 9.92. The maximum Gasteiger partial charge on any atom is 0.410 e. The van der Waals surface area contributed by atoms with Gasteiger partial charge in [-0.2, -0.15) is 5.26 Å². The van der Waals surface area contributed by atoms with Crippen LogP contribution in [-0.4, -0.2) is 70.8 Å². The molecule has 2 unspecified atom stereocenters. The first kappa shape index (κ1) is 38.5. The minimum Gasteiger partial charge on any atom is -0.444 e. The number of carbonyl (C=O) groups is 1. The fraction of sp³-hybridized carbons (Fsp3) is 0.550. The minimum atomic E-state index is -1.96. The van der Waals surface area contributed by atoms with E-state index in [0.29, 0.717) is 48.5 Å². The van der Waals surface area contributed by atoms with E-state index in [0.717, 1.165) is 33.2 Å². The third-order valence-corrected chi connectivity index (χ3v) is 17.4. The van der Waals surface area contributed by atoms with Crippen LogP contribution >= 0.6 is 0 Å². The van der Waals surface area contributed by atoms with Crippen molar-refractivity contribution in [3.05, 3.63) is 58.8 Å². The second-order valence-electron chi connectivity index (χ2n) is 15.7. The molecule has 0 radical (unpaired) electrons. The molecular formula is C40H53N5O4SSi. The third-order valence-electron chi connectivity index (χ3n) is 10.4. The first-order chi connectivity index (χ1) is 24.1. The van der Waals surface area contributed by atoms with Gasteiger partial charge in [0.15, 0.2) is 0 Å². The zero-order chi connectivity index (χ0) is 37.2. The van der Waals surface area contributed by atoms with Crippen molar-refractivity contribution in [2.75, 3.05) is 30.8 Å². The Bertz CT molecular complexity index is 1880. The number of nitrogens with zero attached hydrogens (tertiary/aromatic N) is 5. The SMILES string of the molecule is CC(C)[Si](C#Cc1cccc2cccc(C3Cc4nc(S(C)=O)nc(N5CCN(C(=O)OC(C)(C)C)[C@@H](CC#N)C5)c4CO3)c12)(C(C)C)C(C)C. The van der Waals surface area contributed by atoms with E-state index in [-0.39, 0.29) is 24.3 Å². The van der Waals surface area contributed by atoms with Crippen molar-refractivity contribution < 1.29 is 18.5 Å². The molecule has 1 aromatic heterocycles. The standard InChI is InChI=1S/C40H53N5O4SSi/c1-26(2)51(27(3)4,28(5)6)22-18-30-14-11-13-29-15-12-16-32(36(29)30)35-23-34-33(25-48-35)37(43-38(42-34)50(10)47)44-20-21-45(31(24-44)17-19-41)39(46)49-40(7,8)9/h11-16,26-28,31,35H,17,20-21,23-25H2,1-10H3/t31-,35?,50?/m0/s1. The summed E-state index contributed by atoms with van der Waals surface area (Å²) in [5.41, 5.74) is 8.59. The van der Waals surface area contributed by atoms with Gasteiger partial charge in [-0.3, -0.25) is 4.21 Å². The van der Waals surface area contributed by atoms with Gasteiger partial charge >= 0.3 is 6.09 Å². The lowest BCUT2D eigenvalue weighted by Gasteiger charge is -2.42. The molecule has 0 saturated carbocycles. The predicted octanol–water partition coefficient (Wildman–Crippen LogP) is 8.09. The topological polar surface area (TPSA) is 109 Å². The van der Waals surface area contributed by atoms with Crippen molar-refractivity contribution in [2.45, 2.75) is 121 Å². The van der Waals surface area contributed by atoms with Crippen molar-refractivity contribution in [3.8, 4) is 17.5 Å². The largest absolute Gasteiger partial charge is 0.444 e. The summed E-state index contributed by atoms with van der Waals surface area (Å²) in [5.74, 6) is 4.36. The molecule has 272 valence electrons. The molecule has 3 atom stereocenters. The highest BCUT2D eigenvalue weighted by Gasteiger charge is 2.42. The average molecular weight is 728 g/mol. The van der Waals surface area contributed by atoms with Crippen LogP contribution in [0.3, 0.4) is 0 Å². The van der Waals surface area contributed by atoms with Crippen LogP contribution in [0, 0.1) is 22.8 Å². The van der Waals surface area contributed by atoms with Crippen LogP contribution in [0.15, 0.2) is 41.6 Å². The van der Waals surface area contributed by atoms with Gasteiger partial charge < -0.3 is 19.3 Å². The summed E-state index contributed by atoms with van der Waals surface area (Å²) in [4.78, 5) is 26.4. The second kappa shape index (κ2) is 15.5. The second-order valence-corrected chi connectivity index (χ2v) is 22.6. The average Bonchev–Trinajstić information content (AvgIpc) is 3.06. The van der Waals surface area contributed by atoms with Gasteiger partial charge in [-0.25, -0.2) is 14.8 Å². The molecular weight excluding hydrogens is 675 g/mol. The van der Waals surface area contributed by atoms with Gasteiger partial charge in [-0.05, 0) is 54.4 Å². The van der Waals surface area contributed by atoms with Crippen LogP contribution < -0.4 is 4.90 Å². The summed E-state index contributed by atoms with van der Waals surface area (Å²) >= 11 is 0. The van der Waals surface area contributed by atoms with Gasteiger partial charge in [0.25, 0.3) is 0 Å². The van der Waals surface area contributed by atoms with Gasteiger partial charge in [0.1, 0.15) is 19.5 Å². The number of ether oxygens (including phenoxy) is 2. The lowest BCUT2D eigenvalue weighted by molar-refractivity contribution is 0.0140. The minimum absolute atomic E-state index is 0.148. The van der Waals surface area contributed by atoms with E-state index >= 15 is 0 Å². The smallest absolute Gasteiger partial charge is 0.410 e. The van der Waals surface area contributed by atoms with Gasteiger partial charge in [0.2, 0.25) is 5.16 Å². The number of amides is 1. The van der Waals surface area contributed by atoms with E-state index < -0.39 is 36.6 Å². The number of hydrogen-bond donors (Lipinski definition) is 0. The Hall–Kier alpha value is -3.77. The Morgan fingerprint density at radius 1 is 1.06 bits per heavy atom. The van der Waals surface area contributed by atoms with Gasteiger partial charge in [-0.1, -0.05) is 77.8 Å². The number of piperazine rings is 1. The zero-order valence-corrected chi connectivity index (χ0v) is 33.7. The van der Waals surface area contributed by atoms with Crippen molar-refractivity contribution in [1.29, 1.82) is 5.26 Å². The normalized spacial score (nSPS) is 18.7. The highest BCUT2D eigenvalue weighted by Crippen LogP contribution is 2.42. The molecule has 1 saturated heterocycles. The van der Waals surface area contributed by atoms with Gasteiger partial charge in [-0.15, -0.1) is 5.54 Å². The van der Waals surface area contributed by atoms with Crippen LogP contribution in [0.2, 0.25) is 16.6 Å². The number of fused-ring (bicyclic) bond motifs is 2. The number of benzene rings is 2. The molecule has 2 aromatic carbocycles. The Labute approximate surface area is 307 Å². The molecule has 1 fully saturated rings. The first-order valence-electron chi connectivity index (χ1n) is 18.1. The molecule has 11 heteroatoms. The lowest BCUT2D eigenvalue weighted by Crippen LogP contribution is -2.56. The number of nitriles is 1. The van der Waals surface area contributed by atoms with Crippen molar-refractivity contribution in [2.24, 2.45) is 0 Å². The van der Waals surface area contributed by atoms with Crippen molar-refractivity contribution in [3.63, 3.8) is 0 Å². The van der Waals surface area contributed by atoms with Gasteiger partial charge in [0, 0.05) is 48.8 Å². The summed E-state index contributed by atoms with van der Waals surface area (Å²) in [5, 5.41) is 12.1. The Morgan fingerprint density at radius 2 is 1.73 bits per heavy atom. The Kier molecular flexibility index (Phi) is 11.7. The first-order valence-corrected chi connectivity index (χ1v) is 21.9. The molecule has 9 nitrogen and oxygen atoms in total. The van der Waals surface area contributed by atoms with Crippen LogP contribution in [0.4, 0.5) is 10.6 Å². The molecule has 3 aromatic rings. The molecule has 0 spiro atoms. The maximum absolute atomic E-state index is 13.1. The van der Waals surface area contributed by atoms with Crippen LogP contribution in [0.25, 0.3) is 10.8 Å². The Morgan fingerprint density at radius 3 is 2.33 bits per heavy atom. The number of carbonyl (C=O) groups excluding carboxylic acids is 1. The fourth-order valence-corrected chi connectivity index (χ4v) is 13.7. The summed E-state index contributed by atoms with van der Waals surface area (Å²) in [6, 6.07) is 14.5. The molecule has 3 heterocycles. The number of anilines is 1. The third kappa shape index (κ3) is 8.01. The number of rotatable bonds is 7. The molecule has 0 bridgehead atoms.